The van der Waals surface area contributed by atoms with Gasteiger partial charge < -0.3 is 10.0 Å². The highest BCUT2D eigenvalue weighted by Crippen LogP contribution is 2.25. The first-order valence-electron chi connectivity index (χ1n) is 7.02. The van der Waals surface area contributed by atoms with Gasteiger partial charge in [0.1, 0.15) is 0 Å². The number of aliphatic carboxylic acids is 1. The molecule has 0 saturated carbocycles. The Morgan fingerprint density at radius 1 is 1.38 bits per heavy atom. The molecule has 1 amide bonds. The number of para-hydroxylation sites is 1. The van der Waals surface area contributed by atoms with Gasteiger partial charge in [0, 0.05) is 25.0 Å². The van der Waals surface area contributed by atoms with Crippen molar-refractivity contribution in [3.8, 4) is 0 Å². The molecule has 1 atom stereocenters. The Labute approximate surface area is 122 Å². The summed E-state index contributed by atoms with van der Waals surface area (Å²) >= 11 is 0. The van der Waals surface area contributed by atoms with E-state index in [2.05, 4.69) is 5.10 Å². The Morgan fingerprint density at radius 3 is 2.90 bits per heavy atom. The molecule has 6 heteroatoms. The summed E-state index contributed by atoms with van der Waals surface area (Å²) in [5.74, 6) is -1.04. The topological polar surface area (TPSA) is 75.4 Å². The van der Waals surface area contributed by atoms with Crippen LogP contribution in [0.4, 0.5) is 0 Å². The van der Waals surface area contributed by atoms with Crippen molar-refractivity contribution in [1.29, 1.82) is 0 Å². The van der Waals surface area contributed by atoms with Gasteiger partial charge in [-0.25, -0.2) is 0 Å². The van der Waals surface area contributed by atoms with Crippen molar-refractivity contribution in [3.05, 3.63) is 30.0 Å². The minimum Gasteiger partial charge on any atom is -0.481 e. The number of hydrogen-bond acceptors (Lipinski definition) is 3. The molecule has 0 spiro atoms. The van der Waals surface area contributed by atoms with Gasteiger partial charge in [-0.05, 0) is 18.9 Å². The van der Waals surface area contributed by atoms with Crippen LogP contribution in [0.25, 0.3) is 10.9 Å². The zero-order chi connectivity index (χ0) is 15.0. The molecule has 0 aliphatic carbocycles. The number of aromatic nitrogens is 2. The maximum atomic E-state index is 12.7. The number of amides is 1. The number of hydrogen-bond donors (Lipinski definition) is 1. The Kier molecular flexibility index (Phi) is 3.37. The molecule has 1 aromatic carbocycles. The van der Waals surface area contributed by atoms with Crippen LogP contribution in [0.5, 0.6) is 0 Å². The third-order valence-corrected chi connectivity index (χ3v) is 4.01. The highest BCUT2D eigenvalue weighted by molar-refractivity contribution is 6.05. The zero-order valence-corrected chi connectivity index (χ0v) is 11.8. The number of likely N-dealkylation sites (tertiary alicyclic amines) is 1. The molecule has 2 heterocycles. The van der Waals surface area contributed by atoms with Crippen LogP contribution in [0.15, 0.2) is 24.3 Å². The number of aryl methyl sites for hydroxylation is 1. The van der Waals surface area contributed by atoms with E-state index in [1.165, 1.54) is 0 Å². The molecule has 2 aromatic rings. The third-order valence-electron chi connectivity index (χ3n) is 4.01. The van der Waals surface area contributed by atoms with Gasteiger partial charge in [-0.2, -0.15) is 5.10 Å². The molecule has 1 unspecified atom stereocenters. The van der Waals surface area contributed by atoms with Crippen molar-refractivity contribution in [2.45, 2.75) is 25.3 Å². The van der Waals surface area contributed by atoms with Crippen LogP contribution in [-0.2, 0) is 11.8 Å². The van der Waals surface area contributed by atoms with E-state index >= 15 is 0 Å². The molecule has 1 fully saturated rings. The minimum absolute atomic E-state index is 0.00347. The van der Waals surface area contributed by atoms with Gasteiger partial charge >= 0.3 is 5.97 Å². The number of benzene rings is 1. The summed E-state index contributed by atoms with van der Waals surface area (Å²) in [6.45, 7) is 0.599. The first-order valence-corrected chi connectivity index (χ1v) is 7.02. The van der Waals surface area contributed by atoms with Crippen LogP contribution >= 0.6 is 0 Å². The summed E-state index contributed by atoms with van der Waals surface area (Å²) in [5, 5.41) is 14.1. The normalized spacial score (nSPS) is 18.3. The second-order valence-electron chi connectivity index (χ2n) is 5.38. The van der Waals surface area contributed by atoms with E-state index in [1.807, 2.05) is 24.3 Å². The van der Waals surface area contributed by atoms with Crippen molar-refractivity contribution < 1.29 is 14.7 Å². The fourth-order valence-electron chi connectivity index (χ4n) is 3.02. The monoisotopic (exact) mass is 287 g/mol. The van der Waals surface area contributed by atoms with Crippen LogP contribution in [0.1, 0.15) is 29.8 Å². The molecular weight excluding hydrogens is 270 g/mol. The highest BCUT2D eigenvalue weighted by atomic mass is 16.4. The quantitative estimate of drug-likeness (QED) is 0.931. The summed E-state index contributed by atoms with van der Waals surface area (Å²) in [5.41, 5.74) is 1.31. The van der Waals surface area contributed by atoms with Gasteiger partial charge in [0.2, 0.25) is 0 Å². The number of carbonyl (C=O) groups excluding carboxylic acids is 1. The Morgan fingerprint density at radius 2 is 2.14 bits per heavy atom. The van der Waals surface area contributed by atoms with E-state index in [-0.39, 0.29) is 18.4 Å². The summed E-state index contributed by atoms with van der Waals surface area (Å²) in [4.78, 5) is 25.3. The summed E-state index contributed by atoms with van der Waals surface area (Å²) in [6.07, 6.45) is 1.58. The van der Waals surface area contributed by atoms with Gasteiger partial charge in [0.15, 0.2) is 5.69 Å². The van der Waals surface area contributed by atoms with Crippen molar-refractivity contribution >= 4 is 22.8 Å². The van der Waals surface area contributed by atoms with Crippen LogP contribution in [0.3, 0.4) is 0 Å². The molecule has 1 aliphatic heterocycles. The van der Waals surface area contributed by atoms with Gasteiger partial charge in [-0.1, -0.05) is 18.2 Å². The lowest BCUT2D eigenvalue weighted by Crippen LogP contribution is -2.37. The fourth-order valence-corrected chi connectivity index (χ4v) is 3.02. The van der Waals surface area contributed by atoms with Crippen LogP contribution in [0, 0.1) is 0 Å². The van der Waals surface area contributed by atoms with Crippen molar-refractivity contribution in [2.75, 3.05) is 6.54 Å². The van der Waals surface area contributed by atoms with E-state index in [0.29, 0.717) is 12.2 Å². The first kappa shape index (κ1) is 13.6. The molecule has 0 radical (unpaired) electrons. The van der Waals surface area contributed by atoms with E-state index in [9.17, 15) is 9.59 Å². The zero-order valence-electron chi connectivity index (χ0n) is 11.8. The standard InChI is InChI=1S/C15H17N3O3/c1-17-12-7-3-2-6-11(12)14(16-17)15(21)18-8-4-5-10(18)9-13(19)20/h2-3,6-7,10H,4-5,8-9H2,1H3,(H,19,20). The second kappa shape index (κ2) is 5.20. The summed E-state index contributed by atoms with van der Waals surface area (Å²) < 4.78 is 1.69. The summed E-state index contributed by atoms with van der Waals surface area (Å²) in [6, 6.07) is 7.34. The predicted octanol–water partition coefficient (Wildman–Crippen LogP) is 1.65. The van der Waals surface area contributed by atoms with Gasteiger partial charge in [-0.3, -0.25) is 14.3 Å². The molecule has 6 nitrogen and oxygen atoms in total. The molecule has 1 N–H and O–H groups in total. The molecule has 110 valence electrons. The number of nitrogens with zero attached hydrogens (tertiary/aromatic N) is 3. The van der Waals surface area contributed by atoms with Crippen molar-refractivity contribution in [3.63, 3.8) is 0 Å². The largest absolute Gasteiger partial charge is 0.481 e. The van der Waals surface area contributed by atoms with E-state index < -0.39 is 5.97 Å². The van der Waals surface area contributed by atoms with E-state index in [0.717, 1.165) is 23.7 Å². The van der Waals surface area contributed by atoms with Crippen LogP contribution in [-0.4, -0.2) is 44.3 Å². The predicted molar refractivity (Wildman–Crippen MR) is 77.0 cm³/mol. The third kappa shape index (κ3) is 2.37. The van der Waals surface area contributed by atoms with Gasteiger partial charge in [0.05, 0.1) is 11.9 Å². The lowest BCUT2D eigenvalue weighted by atomic mass is 10.1. The second-order valence-corrected chi connectivity index (χ2v) is 5.38. The average Bonchev–Trinajstić information content (AvgIpc) is 3.03. The van der Waals surface area contributed by atoms with E-state index in [4.69, 9.17) is 5.11 Å². The highest BCUT2D eigenvalue weighted by Gasteiger charge is 2.32. The minimum atomic E-state index is -0.870. The average molecular weight is 287 g/mol. The SMILES string of the molecule is Cn1nc(C(=O)N2CCCC2CC(=O)O)c2ccccc21. The number of carboxylic acids is 1. The number of fused-ring (bicyclic) bond motifs is 1. The first-order chi connectivity index (χ1) is 10.1. The molecular formula is C15H17N3O3. The Balaban J connectivity index is 1.95. The lowest BCUT2D eigenvalue weighted by Gasteiger charge is -2.22. The van der Waals surface area contributed by atoms with Crippen LogP contribution < -0.4 is 0 Å². The van der Waals surface area contributed by atoms with Crippen LogP contribution in [0.2, 0.25) is 0 Å². The summed E-state index contributed by atoms with van der Waals surface area (Å²) in [7, 11) is 1.80. The molecule has 1 saturated heterocycles. The molecule has 1 aliphatic rings. The maximum absolute atomic E-state index is 12.7. The van der Waals surface area contributed by atoms with Gasteiger partial charge in [0.25, 0.3) is 5.91 Å². The molecule has 21 heavy (non-hydrogen) atoms. The smallest absolute Gasteiger partial charge is 0.305 e. The van der Waals surface area contributed by atoms with Crippen molar-refractivity contribution in [1.82, 2.24) is 14.7 Å². The lowest BCUT2D eigenvalue weighted by molar-refractivity contribution is -0.137. The Hall–Kier alpha value is -2.37. The maximum Gasteiger partial charge on any atom is 0.305 e. The molecule has 1 aromatic heterocycles. The number of carbonyl (C=O) groups is 2. The fraction of sp³-hybridized carbons (Fsp3) is 0.400. The number of rotatable bonds is 3. The Bertz CT molecular complexity index is 707. The molecule has 0 bridgehead atoms. The number of carboxylic acid groups (broad SMARTS) is 1. The molecule has 3 rings (SSSR count). The van der Waals surface area contributed by atoms with E-state index in [1.54, 1.807) is 16.6 Å². The van der Waals surface area contributed by atoms with Crippen molar-refractivity contribution in [2.24, 2.45) is 7.05 Å². The van der Waals surface area contributed by atoms with Gasteiger partial charge in [-0.15, -0.1) is 0 Å².